The number of hydrogen-bond acceptors (Lipinski definition) is 4. The number of carbonyl (C=O) groups excluding carboxylic acids is 1. The van der Waals surface area contributed by atoms with E-state index < -0.39 is 10.0 Å². The molecule has 0 aromatic heterocycles. The second kappa shape index (κ2) is 8.00. The molecule has 1 saturated carbocycles. The molecule has 0 bridgehead atoms. The first-order valence-corrected chi connectivity index (χ1v) is 11.7. The Bertz CT molecular complexity index is 1050. The van der Waals surface area contributed by atoms with E-state index in [4.69, 9.17) is 5.14 Å². The van der Waals surface area contributed by atoms with Gasteiger partial charge in [0.05, 0.1) is 11.4 Å². The van der Waals surface area contributed by atoms with Crippen molar-refractivity contribution in [3.63, 3.8) is 0 Å². The molecule has 1 heterocycles. The maximum Gasteiger partial charge on any atom is 0.239 e. The van der Waals surface area contributed by atoms with Crippen molar-refractivity contribution in [2.45, 2.75) is 42.4 Å². The molecule has 6 nitrogen and oxygen atoms in total. The van der Waals surface area contributed by atoms with Crippen LogP contribution in [0.4, 0.5) is 10.1 Å². The number of anilines is 1. The molecule has 0 atom stereocenters. The monoisotopic (exact) mass is 431 g/mol. The Morgan fingerprint density at radius 3 is 2.50 bits per heavy atom. The summed E-state index contributed by atoms with van der Waals surface area (Å²) in [6.45, 7) is 1.39. The number of nitrogens with two attached hydrogens (primary N) is 1. The topological polar surface area (TPSA) is 92.5 Å². The summed E-state index contributed by atoms with van der Waals surface area (Å²) in [5.41, 5.74) is 2.68. The van der Waals surface area contributed by atoms with Gasteiger partial charge in [0.25, 0.3) is 0 Å². The van der Waals surface area contributed by atoms with Crippen molar-refractivity contribution in [3.8, 4) is 0 Å². The van der Waals surface area contributed by atoms with Crippen molar-refractivity contribution in [2.24, 2.45) is 5.14 Å². The molecule has 2 aromatic carbocycles. The zero-order valence-corrected chi connectivity index (χ0v) is 17.6. The lowest BCUT2D eigenvalue weighted by atomic mass is 9.79. The molecular weight excluding hydrogens is 405 g/mol. The Morgan fingerprint density at radius 2 is 1.83 bits per heavy atom. The number of amides is 1. The number of nitrogens with zero attached hydrogens (tertiary/aromatic N) is 1. The number of halogens is 1. The van der Waals surface area contributed by atoms with E-state index in [-0.39, 0.29) is 28.6 Å². The van der Waals surface area contributed by atoms with Gasteiger partial charge in [0.1, 0.15) is 5.82 Å². The molecule has 1 aliphatic heterocycles. The third-order valence-electron chi connectivity index (χ3n) is 6.35. The maximum atomic E-state index is 13.3. The van der Waals surface area contributed by atoms with E-state index in [0.29, 0.717) is 19.5 Å². The molecule has 0 saturated heterocycles. The van der Waals surface area contributed by atoms with Gasteiger partial charge in [-0.3, -0.25) is 4.79 Å². The van der Waals surface area contributed by atoms with E-state index in [1.54, 1.807) is 12.1 Å². The molecule has 0 unspecified atom stereocenters. The van der Waals surface area contributed by atoms with Crippen molar-refractivity contribution < 1.29 is 17.6 Å². The first-order chi connectivity index (χ1) is 14.3. The standard InChI is InChI=1S/C22H26FN3O3S/c23-18-5-3-17(4-6-18)22(10-1-2-11-22)15-25-21(27)14-26-12-9-16-13-19(30(24,28)29)7-8-20(16)26/h3-8,13H,1-2,9-12,14-15H2,(H,25,27)(H2,24,28,29). The third-order valence-corrected chi connectivity index (χ3v) is 7.26. The number of fused-ring (bicyclic) bond motifs is 1. The fourth-order valence-corrected chi connectivity index (χ4v) is 5.27. The average molecular weight is 432 g/mol. The highest BCUT2D eigenvalue weighted by molar-refractivity contribution is 7.89. The quantitative estimate of drug-likeness (QED) is 0.735. The Morgan fingerprint density at radius 1 is 1.13 bits per heavy atom. The van der Waals surface area contributed by atoms with Crippen molar-refractivity contribution in [3.05, 3.63) is 59.4 Å². The van der Waals surface area contributed by atoms with Crippen molar-refractivity contribution in [2.75, 3.05) is 24.5 Å². The zero-order valence-electron chi connectivity index (χ0n) is 16.7. The third kappa shape index (κ3) is 4.20. The molecule has 3 N–H and O–H groups in total. The van der Waals surface area contributed by atoms with Crippen LogP contribution in [0.1, 0.15) is 36.8 Å². The zero-order chi connectivity index (χ0) is 21.4. The number of hydrogen-bond donors (Lipinski definition) is 2. The molecule has 1 fully saturated rings. The summed E-state index contributed by atoms with van der Waals surface area (Å²) in [6, 6.07) is 11.4. The highest BCUT2D eigenvalue weighted by Crippen LogP contribution is 2.40. The van der Waals surface area contributed by atoms with Gasteiger partial charge >= 0.3 is 0 Å². The van der Waals surface area contributed by atoms with Crippen molar-refractivity contribution in [1.29, 1.82) is 0 Å². The molecule has 0 spiro atoms. The highest BCUT2D eigenvalue weighted by atomic mass is 32.2. The largest absolute Gasteiger partial charge is 0.362 e. The summed E-state index contributed by atoms with van der Waals surface area (Å²) >= 11 is 0. The second-order valence-electron chi connectivity index (χ2n) is 8.28. The van der Waals surface area contributed by atoms with Crippen LogP contribution in [-0.4, -0.2) is 34.0 Å². The van der Waals surface area contributed by atoms with Crippen molar-refractivity contribution >= 4 is 21.6 Å². The van der Waals surface area contributed by atoms with Crippen LogP contribution in [0.2, 0.25) is 0 Å². The predicted molar refractivity (Wildman–Crippen MR) is 113 cm³/mol. The van der Waals surface area contributed by atoms with Crippen LogP contribution in [-0.2, 0) is 26.7 Å². The lowest BCUT2D eigenvalue weighted by Crippen LogP contribution is -2.43. The molecule has 2 aromatic rings. The molecule has 0 radical (unpaired) electrons. The average Bonchev–Trinajstić information content (AvgIpc) is 3.34. The molecular formula is C22H26FN3O3S. The normalized spacial score (nSPS) is 17.7. The number of rotatable bonds is 6. The Hall–Kier alpha value is -2.45. The van der Waals surface area contributed by atoms with Crippen LogP contribution in [0.15, 0.2) is 47.4 Å². The number of carbonyl (C=O) groups is 1. The van der Waals surface area contributed by atoms with Gasteiger partial charge in [-0.05, 0) is 60.7 Å². The Balaban J connectivity index is 1.42. The summed E-state index contributed by atoms with van der Waals surface area (Å²) in [5, 5.41) is 8.29. The number of nitrogens with one attached hydrogen (secondary N) is 1. The first-order valence-electron chi connectivity index (χ1n) is 10.2. The molecule has 30 heavy (non-hydrogen) atoms. The summed E-state index contributed by atoms with van der Waals surface area (Å²) < 4.78 is 36.4. The van der Waals surface area contributed by atoms with Gasteiger partial charge < -0.3 is 10.2 Å². The van der Waals surface area contributed by atoms with Gasteiger partial charge in [-0.25, -0.2) is 17.9 Å². The molecule has 8 heteroatoms. The van der Waals surface area contributed by atoms with Gasteiger partial charge in [0.2, 0.25) is 15.9 Å². The number of primary sulfonamides is 1. The van der Waals surface area contributed by atoms with E-state index in [0.717, 1.165) is 42.5 Å². The minimum Gasteiger partial charge on any atom is -0.362 e. The fourth-order valence-electron chi connectivity index (χ4n) is 4.71. The Kier molecular flexibility index (Phi) is 5.55. The lowest BCUT2D eigenvalue weighted by molar-refractivity contribution is -0.120. The highest BCUT2D eigenvalue weighted by Gasteiger charge is 2.36. The summed E-state index contributed by atoms with van der Waals surface area (Å²) in [7, 11) is -3.74. The van der Waals surface area contributed by atoms with Gasteiger partial charge in [-0.15, -0.1) is 0 Å². The maximum absolute atomic E-state index is 13.3. The van der Waals surface area contributed by atoms with E-state index in [1.807, 2.05) is 17.0 Å². The van der Waals surface area contributed by atoms with Crippen molar-refractivity contribution in [1.82, 2.24) is 5.32 Å². The molecule has 1 amide bonds. The SMILES string of the molecule is NS(=O)(=O)c1ccc2c(c1)CCN2CC(=O)NCC1(c2ccc(F)cc2)CCCC1. The van der Waals surface area contributed by atoms with Crippen LogP contribution in [0.25, 0.3) is 0 Å². The first kappa shape index (κ1) is 20.8. The van der Waals surface area contributed by atoms with E-state index in [9.17, 15) is 17.6 Å². The summed E-state index contributed by atoms with van der Waals surface area (Å²) in [4.78, 5) is 14.7. The van der Waals surface area contributed by atoms with E-state index in [1.165, 1.54) is 18.2 Å². The molecule has 1 aliphatic carbocycles. The summed E-state index contributed by atoms with van der Waals surface area (Å²) in [6.07, 6.45) is 4.81. The smallest absolute Gasteiger partial charge is 0.239 e. The minimum atomic E-state index is -3.74. The molecule has 160 valence electrons. The van der Waals surface area contributed by atoms with E-state index >= 15 is 0 Å². The van der Waals surface area contributed by atoms with Crippen LogP contribution >= 0.6 is 0 Å². The molecule has 2 aliphatic rings. The van der Waals surface area contributed by atoms with E-state index in [2.05, 4.69) is 5.32 Å². The summed E-state index contributed by atoms with van der Waals surface area (Å²) in [5.74, 6) is -0.332. The molecule has 4 rings (SSSR count). The van der Waals surface area contributed by atoms with Gasteiger partial charge in [-0.2, -0.15) is 0 Å². The van der Waals surface area contributed by atoms with Gasteiger partial charge in [0.15, 0.2) is 0 Å². The predicted octanol–water partition coefficient (Wildman–Crippen LogP) is 2.46. The van der Waals surface area contributed by atoms with Gasteiger partial charge in [-0.1, -0.05) is 25.0 Å². The lowest BCUT2D eigenvalue weighted by Gasteiger charge is -2.30. The fraction of sp³-hybridized carbons (Fsp3) is 0.409. The number of sulfonamides is 1. The minimum absolute atomic E-state index is 0.0771. The second-order valence-corrected chi connectivity index (χ2v) is 9.84. The van der Waals surface area contributed by atoms with Crippen LogP contribution in [0, 0.1) is 5.82 Å². The van der Waals surface area contributed by atoms with Gasteiger partial charge in [0, 0.05) is 24.2 Å². The van der Waals surface area contributed by atoms with Crippen LogP contribution in [0.3, 0.4) is 0 Å². The van der Waals surface area contributed by atoms with Crippen LogP contribution in [0.5, 0.6) is 0 Å². The van der Waals surface area contributed by atoms with Crippen LogP contribution < -0.4 is 15.4 Å². The Labute approximate surface area is 176 Å². The number of benzene rings is 2.